The van der Waals surface area contributed by atoms with Gasteiger partial charge < -0.3 is 21.7 Å². The van der Waals surface area contributed by atoms with Crippen molar-refractivity contribution in [1.29, 1.82) is 0 Å². The second-order valence-corrected chi connectivity index (χ2v) is 3.41. The molecule has 0 unspecified atom stereocenters. The van der Waals surface area contributed by atoms with Gasteiger partial charge in [0.15, 0.2) is 0 Å². The van der Waals surface area contributed by atoms with E-state index >= 15 is 0 Å². The van der Waals surface area contributed by atoms with E-state index in [2.05, 4.69) is 11.0 Å². The van der Waals surface area contributed by atoms with Gasteiger partial charge in [-0.2, -0.15) is 18.2 Å². The largest absolute Gasteiger partial charge is 2.00 e. The fourth-order valence-corrected chi connectivity index (χ4v) is 1.57. The van der Waals surface area contributed by atoms with E-state index in [1.54, 1.807) is 12.1 Å². The zero-order valence-electron chi connectivity index (χ0n) is 9.09. The van der Waals surface area contributed by atoms with Crippen LogP contribution in [0.1, 0.15) is 5.56 Å². The molecule has 0 radical (unpaired) electrons. The summed E-state index contributed by atoms with van der Waals surface area (Å²) in [5, 5.41) is 0. The fraction of sp³-hybridized carbons (Fsp3) is 0.455. The molecule has 16 heavy (non-hydrogen) atoms. The van der Waals surface area contributed by atoms with Crippen LogP contribution in [-0.4, -0.2) is 54.3 Å². The van der Waals surface area contributed by atoms with Crippen LogP contribution in [0.15, 0.2) is 18.2 Å². The number of rotatable bonds is 2. The second kappa shape index (κ2) is 8.41. The molecule has 1 aliphatic heterocycles. The minimum Gasteiger partial charge on any atom is -1.00 e. The summed E-state index contributed by atoms with van der Waals surface area (Å²) in [6, 6.07) is 7.64. The number of morpholine rings is 1. The van der Waals surface area contributed by atoms with Crippen LogP contribution in [0.25, 0.3) is 0 Å². The first kappa shape index (κ1) is 16.3. The molecule has 1 saturated heterocycles. The Morgan fingerprint density at radius 3 is 2.69 bits per heavy atom. The van der Waals surface area contributed by atoms with Gasteiger partial charge in [0.05, 0.1) is 13.2 Å². The van der Waals surface area contributed by atoms with Crippen molar-refractivity contribution in [2.24, 2.45) is 0 Å². The number of benzene rings is 1. The quantitative estimate of drug-likeness (QED) is 0.466. The summed E-state index contributed by atoms with van der Waals surface area (Å²) in [6.45, 7) is 3.95. The summed E-state index contributed by atoms with van der Waals surface area (Å²) in [7, 11) is 0. The van der Waals surface area contributed by atoms with Crippen molar-refractivity contribution in [3.63, 3.8) is 0 Å². The number of hydrogen-bond donors (Lipinski definition) is 0. The first-order chi connectivity index (χ1) is 6.86. The van der Waals surface area contributed by atoms with Crippen molar-refractivity contribution in [3.05, 3.63) is 35.6 Å². The zero-order chi connectivity index (χ0) is 9.80. The van der Waals surface area contributed by atoms with Crippen molar-refractivity contribution in [2.75, 3.05) is 26.3 Å². The van der Waals surface area contributed by atoms with Crippen molar-refractivity contribution < 1.29 is 26.1 Å². The van der Waals surface area contributed by atoms with Gasteiger partial charge in [-0.25, -0.2) is 0 Å². The number of nitrogens with zero attached hydrogens (tertiary/aromatic N) is 1. The Balaban J connectivity index is 0.00000112. The predicted octanol–water partition coefficient (Wildman–Crippen LogP) is -1.92. The van der Waals surface area contributed by atoms with Gasteiger partial charge in [-0.05, 0) is 0 Å². The summed E-state index contributed by atoms with van der Waals surface area (Å²) in [5.41, 5.74) is 0.741. The summed E-state index contributed by atoms with van der Waals surface area (Å²) < 4.78 is 18.5. The molecule has 0 aliphatic carbocycles. The van der Waals surface area contributed by atoms with Crippen LogP contribution in [0, 0.1) is 11.9 Å². The zero-order valence-corrected chi connectivity index (χ0v) is 12.1. The minimum atomic E-state index is -0.168. The first-order valence-corrected chi connectivity index (χ1v) is 4.81. The van der Waals surface area contributed by atoms with Crippen molar-refractivity contribution in [1.82, 2.24) is 4.90 Å². The summed E-state index contributed by atoms with van der Waals surface area (Å²) in [6.07, 6.45) is 0. The molecule has 1 fully saturated rings. The van der Waals surface area contributed by atoms with Gasteiger partial charge in [0, 0.05) is 25.5 Å². The van der Waals surface area contributed by atoms with Crippen LogP contribution in [-0.2, 0) is 11.3 Å². The van der Waals surface area contributed by atoms with Gasteiger partial charge in [0.1, 0.15) is 0 Å². The van der Waals surface area contributed by atoms with Crippen molar-refractivity contribution in [2.45, 2.75) is 6.54 Å². The maximum absolute atomic E-state index is 13.3. The molecule has 0 saturated carbocycles. The SMILES string of the molecule is Fc1c[c-]ccc1CN1CCOCC1.[Br-].[Mg+2]. The third kappa shape index (κ3) is 4.67. The Morgan fingerprint density at radius 2 is 2.06 bits per heavy atom. The van der Waals surface area contributed by atoms with Crippen LogP contribution in [0.3, 0.4) is 0 Å². The molecule has 0 amide bonds. The van der Waals surface area contributed by atoms with Crippen LogP contribution in [0.5, 0.6) is 0 Å². The van der Waals surface area contributed by atoms with Gasteiger partial charge >= 0.3 is 23.1 Å². The summed E-state index contributed by atoms with van der Waals surface area (Å²) >= 11 is 0. The summed E-state index contributed by atoms with van der Waals surface area (Å²) in [5.74, 6) is -0.168. The monoisotopic (exact) mass is 297 g/mol. The first-order valence-electron chi connectivity index (χ1n) is 4.81. The Labute approximate surface area is 122 Å². The van der Waals surface area contributed by atoms with E-state index in [4.69, 9.17) is 4.74 Å². The van der Waals surface area contributed by atoms with Gasteiger partial charge in [-0.1, -0.05) is 0 Å². The Kier molecular flexibility index (Phi) is 8.58. The molecule has 1 aliphatic rings. The number of ether oxygens (including phenoxy) is 1. The van der Waals surface area contributed by atoms with E-state index in [0.29, 0.717) is 6.54 Å². The molecular weight excluding hydrogens is 285 g/mol. The van der Waals surface area contributed by atoms with Crippen molar-refractivity contribution in [3.8, 4) is 0 Å². The minimum absolute atomic E-state index is 0. The molecule has 0 aromatic heterocycles. The third-order valence-electron chi connectivity index (χ3n) is 2.40. The topological polar surface area (TPSA) is 12.5 Å². The van der Waals surface area contributed by atoms with E-state index in [0.717, 1.165) is 31.9 Å². The molecule has 0 bridgehead atoms. The third-order valence-corrected chi connectivity index (χ3v) is 2.40. The number of halogens is 2. The van der Waals surface area contributed by atoms with Crippen LogP contribution >= 0.6 is 0 Å². The molecule has 1 aromatic carbocycles. The van der Waals surface area contributed by atoms with E-state index in [1.165, 1.54) is 6.07 Å². The molecule has 2 nitrogen and oxygen atoms in total. The van der Waals surface area contributed by atoms with E-state index in [1.807, 2.05) is 0 Å². The average molecular weight is 298 g/mol. The molecule has 1 heterocycles. The van der Waals surface area contributed by atoms with Crippen LogP contribution in [0.2, 0.25) is 0 Å². The van der Waals surface area contributed by atoms with E-state index < -0.39 is 0 Å². The van der Waals surface area contributed by atoms with Gasteiger partial charge in [0.2, 0.25) is 0 Å². The van der Waals surface area contributed by atoms with E-state index in [-0.39, 0.29) is 45.9 Å². The Bertz CT molecular complexity index is 308. The molecule has 0 atom stereocenters. The second-order valence-electron chi connectivity index (χ2n) is 3.41. The standard InChI is InChI=1S/C11H13FNO.BrH.Mg/c12-11-4-2-1-3-10(11)9-13-5-7-14-8-6-13;;/h1,3-4H,5-9H2;1H;/q-1;;+2/p-1. The normalized spacial score (nSPS) is 16.1. The van der Waals surface area contributed by atoms with Crippen LogP contribution < -0.4 is 17.0 Å². The van der Waals surface area contributed by atoms with Crippen LogP contribution in [0.4, 0.5) is 4.39 Å². The Hall–Kier alpha value is 0.316. The number of hydrogen-bond acceptors (Lipinski definition) is 2. The maximum atomic E-state index is 13.3. The fourth-order valence-electron chi connectivity index (χ4n) is 1.57. The molecular formula is C11H13BrFMgNO. The predicted molar refractivity (Wildman–Crippen MR) is 57.1 cm³/mol. The Morgan fingerprint density at radius 1 is 1.38 bits per heavy atom. The molecule has 84 valence electrons. The van der Waals surface area contributed by atoms with Crippen molar-refractivity contribution >= 4 is 23.1 Å². The van der Waals surface area contributed by atoms with Gasteiger partial charge in [-0.15, -0.1) is 11.6 Å². The molecule has 2 rings (SSSR count). The molecule has 1 aromatic rings. The summed E-state index contributed by atoms with van der Waals surface area (Å²) in [4.78, 5) is 2.20. The maximum Gasteiger partial charge on any atom is 2.00 e. The molecule has 5 heteroatoms. The molecule has 0 N–H and O–H groups in total. The van der Waals surface area contributed by atoms with Gasteiger partial charge in [0.25, 0.3) is 0 Å². The smallest absolute Gasteiger partial charge is 1.00 e. The van der Waals surface area contributed by atoms with E-state index in [9.17, 15) is 4.39 Å². The van der Waals surface area contributed by atoms with Gasteiger partial charge in [-0.3, -0.25) is 9.29 Å². The average Bonchev–Trinajstić information content (AvgIpc) is 2.23. The molecule has 0 spiro atoms.